The molecule has 0 fully saturated rings. The van der Waals surface area contributed by atoms with E-state index in [-0.39, 0.29) is 24.3 Å². The van der Waals surface area contributed by atoms with Crippen molar-refractivity contribution in [2.75, 3.05) is 26.3 Å². The number of carbonyl (C=O) groups excluding carboxylic acids is 2. The van der Waals surface area contributed by atoms with Crippen LogP contribution in [0.4, 0.5) is 0 Å². The second kappa shape index (κ2) is 12.0. The highest BCUT2D eigenvalue weighted by molar-refractivity contribution is 5.78. The minimum absolute atomic E-state index is 0.0630. The van der Waals surface area contributed by atoms with Gasteiger partial charge in [-0.15, -0.1) is 0 Å². The number of hydrogen-bond donors (Lipinski definition) is 2. The Morgan fingerprint density at radius 3 is 2.26 bits per heavy atom. The van der Waals surface area contributed by atoms with E-state index in [9.17, 15) is 9.59 Å². The number of nitrogens with one attached hydrogen (secondary N) is 2. The molecule has 0 aromatic carbocycles. The van der Waals surface area contributed by atoms with Crippen LogP contribution in [0.15, 0.2) is 0 Å². The monoisotopic (exact) mass is 272 g/mol. The average molecular weight is 272 g/mol. The summed E-state index contributed by atoms with van der Waals surface area (Å²) >= 11 is 0. The zero-order chi connectivity index (χ0) is 14.5. The van der Waals surface area contributed by atoms with Crippen molar-refractivity contribution in [2.45, 2.75) is 46.5 Å². The number of ether oxygens (including phenoxy) is 1. The topological polar surface area (TPSA) is 67.4 Å². The molecule has 1 atom stereocenters. The summed E-state index contributed by atoms with van der Waals surface area (Å²) in [7, 11) is 0. The predicted octanol–water partition coefficient (Wildman–Crippen LogP) is 1.47. The summed E-state index contributed by atoms with van der Waals surface area (Å²) in [5, 5.41) is 5.71. The lowest BCUT2D eigenvalue weighted by atomic mass is 10.1. The van der Waals surface area contributed by atoms with Crippen LogP contribution in [0.3, 0.4) is 0 Å². The maximum atomic E-state index is 11.5. The maximum Gasteiger partial charge on any atom is 0.245 e. The minimum atomic E-state index is -0.0630. The quantitative estimate of drug-likeness (QED) is 0.560. The van der Waals surface area contributed by atoms with E-state index in [1.54, 1.807) is 0 Å². The molecule has 0 aliphatic carbocycles. The first-order valence-electron chi connectivity index (χ1n) is 7.23. The van der Waals surface area contributed by atoms with Gasteiger partial charge in [-0.3, -0.25) is 9.59 Å². The Bertz CT molecular complexity index is 257. The summed E-state index contributed by atoms with van der Waals surface area (Å²) < 4.78 is 4.99. The molecular formula is C14H28N2O3. The van der Waals surface area contributed by atoms with Gasteiger partial charge in [0.15, 0.2) is 0 Å². The van der Waals surface area contributed by atoms with Crippen LogP contribution < -0.4 is 10.6 Å². The summed E-state index contributed by atoms with van der Waals surface area (Å²) in [4.78, 5) is 22.7. The number of amides is 2. The van der Waals surface area contributed by atoms with Crippen LogP contribution >= 0.6 is 0 Å². The number of unbranched alkanes of at least 4 members (excludes halogenated alkanes) is 2. The Morgan fingerprint density at radius 1 is 1.05 bits per heavy atom. The van der Waals surface area contributed by atoms with Crippen molar-refractivity contribution >= 4 is 11.8 Å². The van der Waals surface area contributed by atoms with Crippen LogP contribution in [0, 0.1) is 5.92 Å². The van der Waals surface area contributed by atoms with E-state index in [0.29, 0.717) is 13.2 Å². The average Bonchev–Trinajstić information content (AvgIpc) is 2.42. The van der Waals surface area contributed by atoms with E-state index >= 15 is 0 Å². The van der Waals surface area contributed by atoms with Crippen molar-refractivity contribution in [3.8, 4) is 0 Å². The van der Waals surface area contributed by atoms with Crippen molar-refractivity contribution in [3.63, 3.8) is 0 Å². The van der Waals surface area contributed by atoms with E-state index in [0.717, 1.165) is 32.2 Å². The fraction of sp³-hybridized carbons (Fsp3) is 0.857. The zero-order valence-corrected chi connectivity index (χ0v) is 12.5. The van der Waals surface area contributed by atoms with Gasteiger partial charge in [0, 0.05) is 25.6 Å². The van der Waals surface area contributed by atoms with Gasteiger partial charge in [0.1, 0.15) is 6.61 Å². The summed E-state index contributed by atoms with van der Waals surface area (Å²) in [6.45, 7) is 7.89. The number of hydrogen-bond acceptors (Lipinski definition) is 3. The molecule has 2 N–H and O–H groups in total. The first-order chi connectivity index (χ1) is 9.11. The summed E-state index contributed by atoms with van der Waals surface area (Å²) in [5.74, 6) is 0.164. The van der Waals surface area contributed by atoms with Gasteiger partial charge in [0.05, 0.1) is 0 Å². The molecule has 2 amide bonds. The van der Waals surface area contributed by atoms with Crippen LogP contribution in [0.25, 0.3) is 0 Å². The van der Waals surface area contributed by atoms with E-state index in [1.165, 1.54) is 0 Å². The largest absolute Gasteiger partial charge is 0.372 e. The van der Waals surface area contributed by atoms with Crippen molar-refractivity contribution in [1.82, 2.24) is 10.6 Å². The van der Waals surface area contributed by atoms with Crippen LogP contribution in [0.1, 0.15) is 46.5 Å². The van der Waals surface area contributed by atoms with Crippen molar-refractivity contribution in [1.29, 1.82) is 0 Å². The molecule has 0 aliphatic heterocycles. The highest BCUT2D eigenvalue weighted by Crippen LogP contribution is 2.00. The maximum absolute atomic E-state index is 11.5. The van der Waals surface area contributed by atoms with Crippen LogP contribution in [-0.2, 0) is 14.3 Å². The van der Waals surface area contributed by atoms with Crippen molar-refractivity contribution in [2.24, 2.45) is 5.92 Å². The molecule has 0 aromatic rings. The lowest BCUT2D eigenvalue weighted by Crippen LogP contribution is -2.30. The second-order valence-corrected chi connectivity index (χ2v) is 4.65. The zero-order valence-electron chi connectivity index (χ0n) is 12.5. The Labute approximate surface area is 116 Å². The molecule has 1 unspecified atom stereocenters. The Morgan fingerprint density at radius 2 is 1.68 bits per heavy atom. The normalized spacial score (nSPS) is 11.9. The van der Waals surface area contributed by atoms with E-state index in [2.05, 4.69) is 10.6 Å². The van der Waals surface area contributed by atoms with E-state index in [4.69, 9.17) is 4.74 Å². The minimum Gasteiger partial charge on any atom is -0.372 e. The van der Waals surface area contributed by atoms with Gasteiger partial charge in [0.25, 0.3) is 0 Å². The van der Waals surface area contributed by atoms with Crippen molar-refractivity contribution < 1.29 is 14.3 Å². The summed E-state index contributed by atoms with van der Waals surface area (Å²) in [5.41, 5.74) is 0. The molecule has 0 aliphatic rings. The van der Waals surface area contributed by atoms with Crippen LogP contribution in [0.5, 0.6) is 0 Å². The van der Waals surface area contributed by atoms with Gasteiger partial charge in [-0.2, -0.15) is 0 Å². The Balaban J connectivity index is 3.32. The summed E-state index contributed by atoms with van der Waals surface area (Å²) in [6, 6.07) is 0. The lowest BCUT2D eigenvalue weighted by molar-refractivity contribution is -0.125. The molecular weight excluding hydrogens is 244 g/mol. The SMILES string of the molecule is CCOCC(=O)NCCCCCNC(=O)C(C)CC. The lowest BCUT2D eigenvalue weighted by Gasteiger charge is -2.09. The van der Waals surface area contributed by atoms with Gasteiger partial charge in [-0.1, -0.05) is 13.8 Å². The fourth-order valence-corrected chi connectivity index (χ4v) is 1.47. The van der Waals surface area contributed by atoms with Crippen LogP contribution in [-0.4, -0.2) is 38.1 Å². The molecule has 0 spiro atoms. The Hall–Kier alpha value is -1.10. The Kier molecular flexibility index (Phi) is 11.3. The molecule has 19 heavy (non-hydrogen) atoms. The molecule has 0 aromatic heterocycles. The smallest absolute Gasteiger partial charge is 0.245 e. The number of rotatable bonds is 11. The molecule has 0 rings (SSSR count). The number of carbonyl (C=O) groups is 2. The molecule has 5 heteroatoms. The molecule has 112 valence electrons. The third-order valence-electron chi connectivity index (χ3n) is 2.97. The molecule has 0 saturated heterocycles. The standard InChI is InChI=1S/C14H28N2O3/c1-4-12(3)14(18)16-10-8-6-7-9-15-13(17)11-19-5-2/h12H,4-11H2,1-3H3,(H,15,17)(H,16,18). The third kappa shape index (κ3) is 10.5. The molecule has 5 nitrogen and oxygen atoms in total. The molecule has 0 bridgehead atoms. The molecule has 0 radical (unpaired) electrons. The van der Waals surface area contributed by atoms with Gasteiger partial charge in [-0.25, -0.2) is 0 Å². The molecule has 0 heterocycles. The van der Waals surface area contributed by atoms with Crippen molar-refractivity contribution in [3.05, 3.63) is 0 Å². The molecule has 0 saturated carbocycles. The van der Waals surface area contributed by atoms with E-state index < -0.39 is 0 Å². The fourth-order valence-electron chi connectivity index (χ4n) is 1.47. The highest BCUT2D eigenvalue weighted by Gasteiger charge is 2.08. The van der Waals surface area contributed by atoms with Gasteiger partial charge >= 0.3 is 0 Å². The van der Waals surface area contributed by atoms with Crippen LogP contribution in [0.2, 0.25) is 0 Å². The third-order valence-corrected chi connectivity index (χ3v) is 2.97. The first-order valence-corrected chi connectivity index (χ1v) is 7.23. The second-order valence-electron chi connectivity index (χ2n) is 4.65. The summed E-state index contributed by atoms with van der Waals surface area (Å²) in [6.07, 6.45) is 3.74. The van der Waals surface area contributed by atoms with Gasteiger partial charge in [-0.05, 0) is 32.6 Å². The van der Waals surface area contributed by atoms with E-state index in [1.807, 2.05) is 20.8 Å². The predicted molar refractivity (Wildman–Crippen MR) is 75.8 cm³/mol. The van der Waals surface area contributed by atoms with Gasteiger partial charge < -0.3 is 15.4 Å². The van der Waals surface area contributed by atoms with Gasteiger partial charge in [0.2, 0.25) is 11.8 Å². The highest BCUT2D eigenvalue weighted by atomic mass is 16.5. The first kappa shape index (κ1) is 17.9.